The largest absolute Gasteiger partial charge is 0.497 e. The lowest BCUT2D eigenvalue weighted by Gasteiger charge is -2.15. The van der Waals surface area contributed by atoms with Crippen LogP contribution in [0.2, 0.25) is 0 Å². The lowest BCUT2D eigenvalue weighted by atomic mass is 9.96. The first-order chi connectivity index (χ1) is 15.0. The van der Waals surface area contributed by atoms with E-state index < -0.39 is 5.91 Å². The van der Waals surface area contributed by atoms with Crippen LogP contribution in [0.3, 0.4) is 0 Å². The van der Waals surface area contributed by atoms with Crippen molar-refractivity contribution in [3.8, 4) is 11.4 Å². The maximum atomic E-state index is 13.0. The average Bonchev–Trinajstić information content (AvgIpc) is 3.41. The van der Waals surface area contributed by atoms with E-state index in [1.807, 2.05) is 19.2 Å². The van der Waals surface area contributed by atoms with Gasteiger partial charge in [0.2, 0.25) is 0 Å². The number of hydrogen-bond acceptors (Lipinski definition) is 5. The van der Waals surface area contributed by atoms with E-state index in [0.29, 0.717) is 17.1 Å². The van der Waals surface area contributed by atoms with E-state index in [2.05, 4.69) is 27.9 Å². The average molecular weight is 419 g/mol. The first-order valence-corrected chi connectivity index (χ1v) is 10.1. The summed E-state index contributed by atoms with van der Waals surface area (Å²) in [6.45, 7) is 0.940. The van der Waals surface area contributed by atoms with Gasteiger partial charge in [-0.1, -0.05) is 12.1 Å². The summed E-state index contributed by atoms with van der Waals surface area (Å²) in [7, 11) is 3.53. The highest BCUT2D eigenvalue weighted by molar-refractivity contribution is 6.05. The lowest BCUT2D eigenvalue weighted by molar-refractivity contribution is 0.0993. The standard InChI is InChI=1S/C23H25N5O3/c1-25-14-23(11-12-23)15-3-5-16(6-4-15)26-22(30)20-13-19(21(24)29)27-28(20)17-7-9-18(31-2)10-8-17/h3-10,13,25H,11-12,14H2,1-2H3,(H2,24,29)(H,26,30). The fraction of sp³-hybridized carbons (Fsp3) is 0.261. The van der Waals surface area contributed by atoms with Crippen LogP contribution < -0.4 is 21.1 Å². The predicted molar refractivity (Wildman–Crippen MR) is 118 cm³/mol. The topological polar surface area (TPSA) is 111 Å². The Bertz CT molecular complexity index is 1100. The smallest absolute Gasteiger partial charge is 0.274 e. The number of carbonyl (C=O) groups is 2. The summed E-state index contributed by atoms with van der Waals surface area (Å²) in [5.41, 5.74) is 8.35. The molecule has 8 nitrogen and oxygen atoms in total. The Morgan fingerprint density at radius 2 is 1.81 bits per heavy atom. The number of rotatable bonds is 8. The van der Waals surface area contributed by atoms with Crippen molar-refractivity contribution in [2.24, 2.45) is 5.73 Å². The second-order valence-electron chi connectivity index (χ2n) is 7.73. The van der Waals surface area contributed by atoms with Crippen LogP contribution in [0, 0.1) is 0 Å². The summed E-state index contributed by atoms with van der Waals surface area (Å²) in [6, 6.07) is 16.3. The number of methoxy groups -OCH3 is 1. The summed E-state index contributed by atoms with van der Waals surface area (Å²) < 4.78 is 6.57. The quantitative estimate of drug-likeness (QED) is 0.519. The Balaban J connectivity index is 1.58. The van der Waals surface area contributed by atoms with Crippen LogP contribution in [0.1, 0.15) is 39.4 Å². The molecule has 8 heteroatoms. The SMILES string of the molecule is CNCC1(c2ccc(NC(=O)c3cc(C(N)=O)nn3-c3ccc(OC)cc3)cc2)CC1. The van der Waals surface area contributed by atoms with Crippen LogP contribution in [-0.2, 0) is 5.41 Å². The van der Waals surface area contributed by atoms with Gasteiger partial charge in [0, 0.05) is 23.7 Å². The number of ether oxygens (including phenoxy) is 1. The van der Waals surface area contributed by atoms with Gasteiger partial charge >= 0.3 is 0 Å². The monoisotopic (exact) mass is 419 g/mol. The third-order valence-corrected chi connectivity index (χ3v) is 5.64. The zero-order valence-electron chi connectivity index (χ0n) is 17.5. The summed E-state index contributed by atoms with van der Waals surface area (Å²) in [4.78, 5) is 24.7. The number of aromatic nitrogens is 2. The molecule has 4 rings (SSSR count). The second kappa shape index (κ2) is 8.23. The molecule has 1 aromatic heterocycles. The van der Waals surface area contributed by atoms with Gasteiger partial charge in [0.15, 0.2) is 5.69 Å². The van der Waals surface area contributed by atoms with E-state index in [0.717, 1.165) is 19.4 Å². The van der Waals surface area contributed by atoms with Crippen molar-refractivity contribution in [3.63, 3.8) is 0 Å². The van der Waals surface area contributed by atoms with Crippen molar-refractivity contribution in [2.45, 2.75) is 18.3 Å². The summed E-state index contributed by atoms with van der Waals surface area (Å²) in [6.07, 6.45) is 2.33. The summed E-state index contributed by atoms with van der Waals surface area (Å²) >= 11 is 0. The molecule has 2 aromatic carbocycles. The van der Waals surface area contributed by atoms with Gasteiger partial charge < -0.3 is 21.1 Å². The molecule has 0 unspecified atom stereocenters. The highest BCUT2D eigenvalue weighted by Crippen LogP contribution is 2.47. The molecule has 31 heavy (non-hydrogen) atoms. The number of carbonyl (C=O) groups excluding carboxylic acids is 2. The molecule has 1 heterocycles. The van der Waals surface area contributed by atoms with Crippen molar-refractivity contribution in [1.82, 2.24) is 15.1 Å². The molecule has 1 fully saturated rings. The fourth-order valence-corrected chi connectivity index (χ4v) is 3.74. The molecule has 0 saturated heterocycles. The number of primary amides is 1. The Morgan fingerprint density at radius 3 is 2.35 bits per heavy atom. The summed E-state index contributed by atoms with van der Waals surface area (Å²) in [5, 5.41) is 10.3. The van der Waals surface area contributed by atoms with Gasteiger partial charge in [0.05, 0.1) is 12.8 Å². The minimum atomic E-state index is -0.704. The van der Waals surface area contributed by atoms with Crippen molar-refractivity contribution < 1.29 is 14.3 Å². The van der Waals surface area contributed by atoms with Gasteiger partial charge in [0.25, 0.3) is 11.8 Å². The van der Waals surface area contributed by atoms with E-state index in [1.165, 1.54) is 16.3 Å². The lowest BCUT2D eigenvalue weighted by Crippen LogP contribution is -2.23. The maximum absolute atomic E-state index is 13.0. The van der Waals surface area contributed by atoms with Crippen LogP contribution in [0.5, 0.6) is 5.75 Å². The van der Waals surface area contributed by atoms with Gasteiger partial charge in [-0.3, -0.25) is 9.59 Å². The zero-order valence-corrected chi connectivity index (χ0v) is 17.5. The Hall–Kier alpha value is -3.65. The molecule has 0 aliphatic heterocycles. The molecule has 0 bridgehead atoms. The van der Waals surface area contributed by atoms with Gasteiger partial charge in [0.1, 0.15) is 11.4 Å². The van der Waals surface area contributed by atoms with Crippen molar-refractivity contribution >= 4 is 17.5 Å². The maximum Gasteiger partial charge on any atom is 0.274 e. The van der Waals surface area contributed by atoms with Gasteiger partial charge in [-0.15, -0.1) is 0 Å². The number of benzene rings is 2. The van der Waals surface area contributed by atoms with Gasteiger partial charge in [-0.25, -0.2) is 4.68 Å². The van der Waals surface area contributed by atoms with E-state index in [1.54, 1.807) is 31.4 Å². The first-order valence-electron chi connectivity index (χ1n) is 10.1. The fourth-order valence-electron chi connectivity index (χ4n) is 3.74. The highest BCUT2D eigenvalue weighted by Gasteiger charge is 2.43. The Labute approximate surface area is 180 Å². The Morgan fingerprint density at radius 1 is 1.13 bits per heavy atom. The van der Waals surface area contributed by atoms with Crippen molar-refractivity contribution in [2.75, 3.05) is 26.0 Å². The van der Waals surface area contributed by atoms with Crippen LogP contribution in [-0.4, -0.2) is 42.3 Å². The zero-order chi connectivity index (χ0) is 22.0. The third kappa shape index (κ3) is 4.15. The number of anilines is 1. The molecule has 0 spiro atoms. The molecule has 1 aliphatic carbocycles. The third-order valence-electron chi connectivity index (χ3n) is 5.64. The normalized spacial score (nSPS) is 14.1. The molecule has 4 N–H and O–H groups in total. The molecule has 0 radical (unpaired) electrons. The molecule has 160 valence electrons. The van der Waals surface area contributed by atoms with E-state index >= 15 is 0 Å². The summed E-state index contributed by atoms with van der Waals surface area (Å²) in [5.74, 6) is -0.423. The molecule has 1 saturated carbocycles. The van der Waals surface area contributed by atoms with Crippen LogP contribution in [0.15, 0.2) is 54.6 Å². The van der Waals surface area contributed by atoms with Gasteiger partial charge in [-0.05, 0) is 61.9 Å². The molecule has 1 aliphatic rings. The number of nitrogens with two attached hydrogens (primary N) is 1. The number of amides is 2. The van der Waals surface area contributed by atoms with E-state index in [9.17, 15) is 9.59 Å². The minimum absolute atomic E-state index is 0.0130. The molecular formula is C23H25N5O3. The number of likely N-dealkylation sites (N-methyl/N-ethyl adjacent to an activating group) is 1. The van der Waals surface area contributed by atoms with E-state index in [-0.39, 0.29) is 22.7 Å². The van der Waals surface area contributed by atoms with Crippen LogP contribution >= 0.6 is 0 Å². The Kier molecular flexibility index (Phi) is 5.48. The van der Waals surface area contributed by atoms with Crippen LogP contribution in [0.4, 0.5) is 5.69 Å². The molecule has 3 aromatic rings. The highest BCUT2D eigenvalue weighted by atomic mass is 16.5. The second-order valence-corrected chi connectivity index (χ2v) is 7.73. The van der Waals surface area contributed by atoms with Crippen molar-refractivity contribution in [1.29, 1.82) is 0 Å². The van der Waals surface area contributed by atoms with E-state index in [4.69, 9.17) is 10.5 Å². The number of hydrogen-bond donors (Lipinski definition) is 3. The van der Waals surface area contributed by atoms with Gasteiger partial charge in [-0.2, -0.15) is 5.10 Å². The number of nitrogens with one attached hydrogen (secondary N) is 2. The molecule has 0 atom stereocenters. The molecule has 2 amide bonds. The first kappa shape index (κ1) is 20.6. The molecular weight excluding hydrogens is 394 g/mol. The van der Waals surface area contributed by atoms with Crippen LogP contribution in [0.25, 0.3) is 5.69 Å². The minimum Gasteiger partial charge on any atom is -0.497 e. The predicted octanol–water partition coefficient (Wildman–Crippen LogP) is 2.48. The number of nitrogens with zero attached hydrogens (tertiary/aromatic N) is 2. The van der Waals surface area contributed by atoms with Crippen molar-refractivity contribution in [3.05, 3.63) is 71.5 Å².